The third kappa shape index (κ3) is 3.85. The van der Waals surface area contributed by atoms with Crippen molar-refractivity contribution in [3.8, 4) is 0 Å². The second kappa shape index (κ2) is 6.61. The lowest BCUT2D eigenvalue weighted by atomic mass is 9.55. The van der Waals surface area contributed by atoms with E-state index in [9.17, 15) is 0 Å². The largest absolute Gasteiger partial charge is 0.114 e. The summed E-state index contributed by atoms with van der Waals surface area (Å²) in [4.78, 5) is 0. The van der Waals surface area contributed by atoms with Crippen molar-refractivity contribution in [2.75, 3.05) is 0 Å². The molecule has 1 radical (unpaired) electrons. The van der Waals surface area contributed by atoms with Crippen LogP contribution in [0.1, 0.15) is 59.8 Å². The van der Waals surface area contributed by atoms with E-state index >= 15 is 0 Å². The lowest BCUT2D eigenvalue weighted by molar-refractivity contribution is 0.386. The van der Waals surface area contributed by atoms with Crippen LogP contribution in [-0.2, 0) is 0 Å². The smallest absolute Gasteiger partial charge is 0.0774 e. The van der Waals surface area contributed by atoms with E-state index in [4.69, 9.17) is 0 Å². The Hall–Kier alpha value is 0.0649. The summed E-state index contributed by atoms with van der Waals surface area (Å²) in [5.74, 6) is 3.79. The summed E-state index contributed by atoms with van der Waals surface area (Å²) in [5, 5.41) is 0. The molecule has 4 unspecified atom stereocenters. The first-order chi connectivity index (χ1) is 7.19. The van der Waals surface area contributed by atoms with Crippen molar-refractivity contribution in [3.05, 3.63) is 0 Å². The molecule has 1 saturated carbocycles. The fourth-order valence-electron chi connectivity index (χ4n) is 2.97. The maximum atomic E-state index is 2.63. The first kappa shape index (κ1) is 13.1. The van der Waals surface area contributed by atoms with Crippen LogP contribution < -0.4 is 0 Å². The molecule has 0 amide bonds. The van der Waals surface area contributed by atoms with E-state index in [-0.39, 0.29) is 0 Å². The van der Waals surface area contributed by atoms with Crippen molar-refractivity contribution in [3.63, 3.8) is 0 Å². The summed E-state index contributed by atoms with van der Waals surface area (Å²) in [6, 6.07) is 0. The van der Waals surface area contributed by atoms with Gasteiger partial charge in [-0.2, -0.15) is 0 Å². The fourth-order valence-corrected chi connectivity index (χ4v) is 2.97. The van der Waals surface area contributed by atoms with Gasteiger partial charge < -0.3 is 0 Å². The summed E-state index contributed by atoms with van der Waals surface area (Å²) in [7, 11) is 2.63. The molecule has 1 heteroatoms. The molecule has 1 aliphatic carbocycles. The molecule has 0 aromatic heterocycles. The zero-order valence-corrected chi connectivity index (χ0v) is 11.1. The third-order valence-electron chi connectivity index (χ3n) is 4.49. The molecule has 15 heavy (non-hydrogen) atoms. The molecule has 1 aliphatic rings. The Balaban J connectivity index is 2.26. The lowest BCUT2D eigenvalue weighted by Crippen LogP contribution is -2.13. The van der Waals surface area contributed by atoms with E-state index < -0.39 is 0 Å². The highest BCUT2D eigenvalue weighted by atomic mass is 14.3. The molecule has 0 nitrogen and oxygen atoms in total. The first-order valence-corrected chi connectivity index (χ1v) is 7.02. The van der Waals surface area contributed by atoms with Gasteiger partial charge in [-0.3, -0.25) is 0 Å². The van der Waals surface area contributed by atoms with Gasteiger partial charge in [-0.05, 0) is 11.8 Å². The van der Waals surface area contributed by atoms with Gasteiger partial charge in [-0.15, -0.1) is 0 Å². The Kier molecular flexibility index (Phi) is 5.78. The van der Waals surface area contributed by atoms with Crippen molar-refractivity contribution >= 4 is 7.28 Å². The monoisotopic (exact) mass is 207 g/mol. The van der Waals surface area contributed by atoms with E-state index in [0.717, 1.165) is 23.6 Å². The van der Waals surface area contributed by atoms with Crippen LogP contribution in [0.5, 0.6) is 0 Å². The molecule has 0 saturated heterocycles. The molecule has 4 atom stereocenters. The highest BCUT2D eigenvalue weighted by Gasteiger charge is 2.31. The number of hydrogen-bond donors (Lipinski definition) is 0. The average molecular weight is 207 g/mol. The van der Waals surface area contributed by atoms with Crippen molar-refractivity contribution < 1.29 is 0 Å². The molecule has 0 spiro atoms. The Morgan fingerprint density at radius 1 is 1.27 bits per heavy atom. The van der Waals surface area contributed by atoms with Crippen molar-refractivity contribution in [1.82, 2.24) is 0 Å². The van der Waals surface area contributed by atoms with E-state index in [2.05, 4.69) is 35.0 Å². The van der Waals surface area contributed by atoms with Crippen LogP contribution in [0.4, 0.5) is 0 Å². The molecule has 0 aromatic rings. The van der Waals surface area contributed by atoms with E-state index in [1.165, 1.54) is 38.4 Å². The van der Waals surface area contributed by atoms with Gasteiger partial charge in [0.1, 0.15) is 7.28 Å². The minimum absolute atomic E-state index is 0.891. The standard InChI is InChI=1S/C14H28B/c1-5-7-13-8-9-14(12(13)4)15-10-11(3)6-2/h11-14H,5-10H2,1-4H3. The zero-order valence-electron chi connectivity index (χ0n) is 11.1. The minimum atomic E-state index is 0.891. The molecule has 1 rings (SSSR count). The van der Waals surface area contributed by atoms with Gasteiger partial charge in [-0.25, -0.2) is 0 Å². The Labute approximate surface area is 97.5 Å². The Morgan fingerprint density at radius 3 is 2.60 bits per heavy atom. The lowest BCUT2D eigenvalue weighted by Gasteiger charge is -2.20. The van der Waals surface area contributed by atoms with Crippen LogP contribution in [0.3, 0.4) is 0 Å². The highest BCUT2D eigenvalue weighted by molar-refractivity contribution is 6.37. The fraction of sp³-hybridized carbons (Fsp3) is 1.00. The van der Waals surface area contributed by atoms with Crippen LogP contribution in [0.25, 0.3) is 0 Å². The van der Waals surface area contributed by atoms with Gasteiger partial charge >= 0.3 is 0 Å². The first-order valence-electron chi connectivity index (χ1n) is 7.02. The molecule has 0 aliphatic heterocycles. The van der Waals surface area contributed by atoms with Crippen LogP contribution in [0.2, 0.25) is 12.1 Å². The topological polar surface area (TPSA) is 0 Å². The normalized spacial score (nSPS) is 32.9. The van der Waals surface area contributed by atoms with E-state index in [0.29, 0.717) is 0 Å². The summed E-state index contributed by atoms with van der Waals surface area (Å²) in [5.41, 5.74) is 0. The van der Waals surface area contributed by atoms with Gasteiger partial charge in [0.2, 0.25) is 0 Å². The molecule has 0 bridgehead atoms. The number of hydrogen-bond acceptors (Lipinski definition) is 0. The predicted molar refractivity (Wildman–Crippen MR) is 70.6 cm³/mol. The van der Waals surface area contributed by atoms with Crippen LogP contribution >= 0.6 is 0 Å². The van der Waals surface area contributed by atoms with Crippen molar-refractivity contribution in [1.29, 1.82) is 0 Å². The summed E-state index contributed by atoms with van der Waals surface area (Å²) >= 11 is 0. The van der Waals surface area contributed by atoms with Crippen molar-refractivity contribution in [2.45, 2.75) is 71.9 Å². The van der Waals surface area contributed by atoms with Gasteiger partial charge in [0, 0.05) is 0 Å². The molecular formula is C14H28B. The quantitative estimate of drug-likeness (QED) is 0.549. The van der Waals surface area contributed by atoms with Gasteiger partial charge in [0.25, 0.3) is 0 Å². The maximum Gasteiger partial charge on any atom is 0.114 e. The minimum Gasteiger partial charge on any atom is -0.0774 e. The number of rotatable bonds is 6. The molecule has 1 fully saturated rings. The summed E-state index contributed by atoms with van der Waals surface area (Å²) in [6.07, 6.45) is 8.43. The van der Waals surface area contributed by atoms with Crippen molar-refractivity contribution in [2.24, 2.45) is 17.8 Å². The van der Waals surface area contributed by atoms with E-state index in [1.54, 1.807) is 0 Å². The summed E-state index contributed by atoms with van der Waals surface area (Å²) in [6.45, 7) is 9.48. The van der Waals surface area contributed by atoms with E-state index in [1.807, 2.05) is 0 Å². The SMILES string of the molecule is CCCC1CCC([B]CC(C)CC)C1C. The van der Waals surface area contributed by atoms with Gasteiger partial charge in [0.05, 0.1) is 0 Å². The third-order valence-corrected chi connectivity index (χ3v) is 4.49. The maximum absolute atomic E-state index is 2.63. The van der Waals surface area contributed by atoms with Gasteiger partial charge in [-0.1, -0.05) is 77.9 Å². The Morgan fingerprint density at radius 2 is 2.00 bits per heavy atom. The molecular weight excluding hydrogens is 179 g/mol. The average Bonchev–Trinajstić information content (AvgIpc) is 2.58. The molecule has 0 N–H and O–H groups in total. The van der Waals surface area contributed by atoms with Crippen LogP contribution in [0, 0.1) is 17.8 Å². The van der Waals surface area contributed by atoms with Crippen LogP contribution in [0.15, 0.2) is 0 Å². The molecule has 87 valence electrons. The van der Waals surface area contributed by atoms with Gasteiger partial charge in [0.15, 0.2) is 0 Å². The van der Waals surface area contributed by atoms with Crippen LogP contribution in [-0.4, -0.2) is 7.28 Å². The molecule has 0 heterocycles. The predicted octanol–water partition coefficient (Wildman–Crippen LogP) is 4.79. The Bertz CT molecular complexity index is 167. The second-order valence-electron chi connectivity index (χ2n) is 5.63. The second-order valence-corrected chi connectivity index (χ2v) is 5.63. The highest BCUT2D eigenvalue weighted by Crippen LogP contribution is 2.43. The summed E-state index contributed by atoms with van der Waals surface area (Å²) < 4.78 is 0. The zero-order chi connectivity index (χ0) is 11.3. The molecule has 0 aromatic carbocycles.